The molecule has 0 saturated heterocycles. The lowest BCUT2D eigenvalue weighted by Crippen LogP contribution is -2.04. The van der Waals surface area contributed by atoms with Gasteiger partial charge in [0.25, 0.3) is 0 Å². The average Bonchev–Trinajstić information content (AvgIpc) is 3.04. The Morgan fingerprint density at radius 3 is 1.82 bits per heavy atom. The highest BCUT2D eigenvalue weighted by atomic mass is 16.1. The van der Waals surface area contributed by atoms with Crippen molar-refractivity contribution in [2.45, 2.75) is 6.54 Å². The highest BCUT2D eigenvalue weighted by Gasteiger charge is 2.16. The first-order chi connectivity index (χ1) is 19.8. The number of aldehydes is 1. The molecule has 0 fully saturated rings. The van der Waals surface area contributed by atoms with E-state index in [2.05, 4.69) is 53.9 Å². The van der Waals surface area contributed by atoms with E-state index in [-0.39, 0.29) is 0 Å². The van der Waals surface area contributed by atoms with Crippen LogP contribution in [0.3, 0.4) is 0 Å². The summed E-state index contributed by atoms with van der Waals surface area (Å²) < 4.78 is 0. The largest absolute Gasteiger partial charge is 0.380 e. The van der Waals surface area contributed by atoms with Crippen molar-refractivity contribution in [3.8, 4) is 39.4 Å². The minimum atomic E-state index is 0.485. The van der Waals surface area contributed by atoms with Crippen LogP contribution in [0.15, 0.2) is 133 Å². The van der Waals surface area contributed by atoms with Gasteiger partial charge < -0.3 is 5.32 Å². The van der Waals surface area contributed by atoms with Crippen LogP contribution in [0.25, 0.3) is 44.2 Å². The highest BCUT2D eigenvalue weighted by Crippen LogP contribution is 2.37. The second kappa shape index (κ2) is 11.1. The number of nitrogens with zero attached hydrogens (tertiary/aromatic N) is 1. The summed E-state index contributed by atoms with van der Waals surface area (Å²) in [4.78, 5) is 12.2. The number of rotatable bonds is 7. The molecule has 6 aromatic carbocycles. The number of anilines is 1. The van der Waals surface area contributed by atoms with Gasteiger partial charge in [-0.05, 0) is 50.9 Å². The summed E-state index contributed by atoms with van der Waals surface area (Å²) in [6.45, 7) is 0.485. The summed E-state index contributed by atoms with van der Waals surface area (Å²) in [6, 6.07) is 47.1. The molecule has 190 valence electrons. The molecule has 6 aromatic rings. The molecular weight excluding hydrogens is 488 g/mol. The fourth-order valence-corrected chi connectivity index (χ4v) is 5.35. The van der Waals surface area contributed by atoms with E-state index in [1.165, 1.54) is 0 Å². The van der Waals surface area contributed by atoms with Crippen molar-refractivity contribution >= 4 is 22.7 Å². The third-order valence-corrected chi connectivity index (χ3v) is 7.29. The standard InChI is InChI=1S/C37H26N2O/c38-23-30-16-17-31(36-32(25-40)19-21-34(37(30)36)28-14-8-3-9-15-28)24-39-35-22-29(26-10-4-1-5-11-26)18-20-33(35)27-12-6-2-7-13-27/h1-22,25,39H,24H2. The summed E-state index contributed by atoms with van der Waals surface area (Å²) in [5.41, 5.74) is 9.51. The summed E-state index contributed by atoms with van der Waals surface area (Å²) in [6.07, 6.45) is 0.882. The summed E-state index contributed by atoms with van der Waals surface area (Å²) >= 11 is 0. The first-order valence-electron chi connectivity index (χ1n) is 13.2. The van der Waals surface area contributed by atoms with E-state index in [0.717, 1.165) is 61.7 Å². The summed E-state index contributed by atoms with van der Waals surface area (Å²) in [5, 5.41) is 15.3. The number of nitrogens with one attached hydrogen (secondary N) is 1. The molecule has 0 amide bonds. The van der Waals surface area contributed by atoms with Crippen LogP contribution in [0, 0.1) is 11.3 Å². The Hall–Kier alpha value is -5.46. The van der Waals surface area contributed by atoms with Crippen LogP contribution in [0.2, 0.25) is 0 Å². The first kappa shape index (κ1) is 24.9. The molecule has 6 rings (SSSR count). The van der Waals surface area contributed by atoms with Gasteiger partial charge in [0.1, 0.15) is 0 Å². The number of fused-ring (bicyclic) bond motifs is 1. The van der Waals surface area contributed by atoms with Crippen LogP contribution < -0.4 is 5.32 Å². The molecule has 0 heterocycles. The molecule has 3 heteroatoms. The van der Waals surface area contributed by atoms with E-state index < -0.39 is 0 Å². The monoisotopic (exact) mass is 514 g/mol. The van der Waals surface area contributed by atoms with E-state index in [1.807, 2.05) is 91.0 Å². The van der Waals surface area contributed by atoms with Gasteiger partial charge in [-0.2, -0.15) is 5.26 Å². The number of nitriles is 1. The smallest absolute Gasteiger partial charge is 0.150 e. The molecule has 0 aliphatic rings. The average molecular weight is 515 g/mol. The molecule has 0 aliphatic heterocycles. The topological polar surface area (TPSA) is 52.9 Å². The van der Waals surface area contributed by atoms with Gasteiger partial charge in [0.15, 0.2) is 6.29 Å². The third-order valence-electron chi connectivity index (χ3n) is 7.29. The number of carbonyl (C=O) groups is 1. The van der Waals surface area contributed by atoms with Gasteiger partial charge in [-0.15, -0.1) is 0 Å². The van der Waals surface area contributed by atoms with Gasteiger partial charge in [0, 0.05) is 28.7 Å². The zero-order valence-electron chi connectivity index (χ0n) is 21.8. The molecule has 0 atom stereocenters. The molecule has 0 aliphatic carbocycles. The maximum absolute atomic E-state index is 12.2. The minimum absolute atomic E-state index is 0.485. The Labute approximate surface area is 234 Å². The Balaban J connectivity index is 1.48. The van der Waals surface area contributed by atoms with Crippen molar-refractivity contribution in [1.82, 2.24) is 0 Å². The minimum Gasteiger partial charge on any atom is -0.380 e. The Morgan fingerprint density at radius 1 is 0.600 bits per heavy atom. The molecule has 1 N–H and O–H groups in total. The molecule has 0 bridgehead atoms. The predicted molar refractivity (Wildman–Crippen MR) is 164 cm³/mol. The fourth-order valence-electron chi connectivity index (χ4n) is 5.35. The van der Waals surface area contributed by atoms with Crippen LogP contribution in [-0.2, 0) is 6.54 Å². The van der Waals surface area contributed by atoms with Gasteiger partial charge in [-0.25, -0.2) is 0 Å². The van der Waals surface area contributed by atoms with Crippen molar-refractivity contribution < 1.29 is 4.79 Å². The predicted octanol–water partition coefficient (Wildman–Crippen LogP) is 9.14. The lowest BCUT2D eigenvalue weighted by Gasteiger charge is -2.18. The van der Waals surface area contributed by atoms with E-state index in [0.29, 0.717) is 17.7 Å². The van der Waals surface area contributed by atoms with Crippen LogP contribution in [0.1, 0.15) is 21.5 Å². The number of hydrogen-bond donors (Lipinski definition) is 1. The van der Waals surface area contributed by atoms with Gasteiger partial charge in [-0.3, -0.25) is 4.79 Å². The van der Waals surface area contributed by atoms with E-state index in [4.69, 9.17) is 0 Å². The van der Waals surface area contributed by atoms with Gasteiger partial charge >= 0.3 is 0 Å². The van der Waals surface area contributed by atoms with Crippen LogP contribution in [0.4, 0.5) is 5.69 Å². The normalized spacial score (nSPS) is 10.7. The molecule has 0 spiro atoms. The molecule has 0 aromatic heterocycles. The molecular formula is C37H26N2O. The van der Waals surface area contributed by atoms with Gasteiger partial charge in [-0.1, -0.05) is 121 Å². The van der Waals surface area contributed by atoms with Gasteiger partial charge in [0.2, 0.25) is 0 Å². The van der Waals surface area contributed by atoms with Crippen molar-refractivity contribution in [2.75, 3.05) is 5.32 Å². The highest BCUT2D eigenvalue weighted by molar-refractivity contribution is 6.09. The second-order valence-electron chi connectivity index (χ2n) is 9.67. The molecule has 40 heavy (non-hydrogen) atoms. The number of benzene rings is 6. The van der Waals surface area contributed by atoms with Crippen molar-refractivity contribution in [1.29, 1.82) is 5.26 Å². The number of carbonyl (C=O) groups excluding carboxylic acids is 1. The zero-order chi connectivity index (χ0) is 27.3. The lowest BCUT2D eigenvalue weighted by molar-refractivity contribution is 0.112. The van der Waals surface area contributed by atoms with Crippen molar-refractivity contribution in [3.63, 3.8) is 0 Å². The summed E-state index contributed by atoms with van der Waals surface area (Å²) in [7, 11) is 0. The van der Waals surface area contributed by atoms with Crippen molar-refractivity contribution in [2.24, 2.45) is 0 Å². The quantitative estimate of drug-likeness (QED) is 0.216. The number of hydrogen-bond acceptors (Lipinski definition) is 3. The molecule has 0 unspecified atom stereocenters. The van der Waals surface area contributed by atoms with Crippen LogP contribution in [0.5, 0.6) is 0 Å². The van der Waals surface area contributed by atoms with E-state index in [1.54, 1.807) is 0 Å². The van der Waals surface area contributed by atoms with Crippen LogP contribution in [-0.4, -0.2) is 6.29 Å². The first-order valence-corrected chi connectivity index (χ1v) is 13.2. The van der Waals surface area contributed by atoms with E-state index >= 15 is 0 Å². The Morgan fingerprint density at radius 2 is 1.20 bits per heavy atom. The SMILES string of the molecule is N#Cc1ccc(CNc2cc(-c3ccccc3)ccc2-c2ccccc2)c2c(C=O)ccc(-c3ccccc3)c12. The summed E-state index contributed by atoms with van der Waals surface area (Å²) in [5.74, 6) is 0. The fraction of sp³-hybridized carbons (Fsp3) is 0.0270. The zero-order valence-corrected chi connectivity index (χ0v) is 21.8. The maximum Gasteiger partial charge on any atom is 0.150 e. The van der Waals surface area contributed by atoms with E-state index in [9.17, 15) is 10.1 Å². The maximum atomic E-state index is 12.2. The third kappa shape index (κ3) is 4.75. The molecule has 0 radical (unpaired) electrons. The van der Waals surface area contributed by atoms with Crippen LogP contribution >= 0.6 is 0 Å². The lowest BCUT2D eigenvalue weighted by atomic mass is 9.89. The van der Waals surface area contributed by atoms with Crippen molar-refractivity contribution in [3.05, 3.63) is 150 Å². The molecule has 3 nitrogen and oxygen atoms in total. The second-order valence-corrected chi connectivity index (χ2v) is 9.67. The Kier molecular flexibility index (Phi) is 6.90. The molecule has 0 saturated carbocycles. The van der Waals surface area contributed by atoms with Gasteiger partial charge in [0.05, 0.1) is 11.6 Å². The Bertz CT molecular complexity index is 1850.